The molecular formula is C14H8ClNO2. The highest BCUT2D eigenvalue weighted by Gasteiger charge is 2.15. The molecule has 4 heteroatoms. The Morgan fingerprint density at radius 2 is 2.06 bits per heavy atom. The first kappa shape index (κ1) is 11.0. The van der Waals surface area contributed by atoms with Crippen LogP contribution in [0.1, 0.15) is 15.9 Å². The molecule has 3 nitrogen and oxygen atoms in total. The van der Waals surface area contributed by atoms with Crippen molar-refractivity contribution in [3.05, 3.63) is 65.2 Å². The highest BCUT2D eigenvalue weighted by atomic mass is 35.5. The van der Waals surface area contributed by atoms with Gasteiger partial charge in [-0.3, -0.25) is 9.78 Å². The molecule has 0 radical (unpaired) electrons. The summed E-state index contributed by atoms with van der Waals surface area (Å²) in [6.45, 7) is 0. The van der Waals surface area contributed by atoms with Gasteiger partial charge in [-0.1, -0.05) is 18.2 Å². The lowest BCUT2D eigenvalue weighted by Gasteiger charge is -2.01. The monoisotopic (exact) mass is 257 g/mol. The predicted octanol–water partition coefficient (Wildman–Crippen LogP) is 3.71. The number of nitrogens with zero attached hydrogens (tertiary/aromatic N) is 1. The highest BCUT2D eigenvalue weighted by Crippen LogP contribution is 2.21. The van der Waals surface area contributed by atoms with Gasteiger partial charge in [-0.15, -0.1) is 0 Å². The second kappa shape index (κ2) is 4.27. The second-order valence-corrected chi connectivity index (χ2v) is 4.20. The molecule has 0 amide bonds. The number of para-hydroxylation sites is 1. The number of furan rings is 1. The number of fused-ring (bicyclic) bond motifs is 1. The van der Waals surface area contributed by atoms with Gasteiger partial charge in [0.1, 0.15) is 0 Å². The van der Waals surface area contributed by atoms with Gasteiger partial charge >= 0.3 is 0 Å². The van der Waals surface area contributed by atoms with Crippen molar-refractivity contribution in [1.82, 2.24) is 4.98 Å². The summed E-state index contributed by atoms with van der Waals surface area (Å²) in [5, 5.41) is 1.02. The van der Waals surface area contributed by atoms with E-state index in [2.05, 4.69) is 4.98 Å². The quantitative estimate of drug-likeness (QED) is 0.657. The molecular weight excluding hydrogens is 250 g/mol. The second-order valence-electron chi connectivity index (χ2n) is 3.85. The maximum absolute atomic E-state index is 12.2. The Morgan fingerprint density at radius 3 is 2.83 bits per heavy atom. The van der Waals surface area contributed by atoms with Gasteiger partial charge in [-0.2, -0.15) is 0 Å². The molecule has 0 atom stereocenters. The average molecular weight is 258 g/mol. The lowest BCUT2D eigenvalue weighted by atomic mass is 10.1. The number of hydrogen-bond donors (Lipinski definition) is 0. The van der Waals surface area contributed by atoms with E-state index in [1.54, 1.807) is 18.3 Å². The fourth-order valence-electron chi connectivity index (χ4n) is 1.81. The minimum atomic E-state index is -0.188. The number of hydrogen-bond acceptors (Lipinski definition) is 3. The number of benzene rings is 1. The van der Waals surface area contributed by atoms with E-state index in [-0.39, 0.29) is 11.0 Å². The van der Waals surface area contributed by atoms with Crippen LogP contribution in [0.3, 0.4) is 0 Å². The van der Waals surface area contributed by atoms with Crippen molar-refractivity contribution in [2.75, 3.05) is 0 Å². The first-order valence-corrected chi connectivity index (χ1v) is 5.76. The van der Waals surface area contributed by atoms with E-state index in [9.17, 15) is 4.79 Å². The topological polar surface area (TPSA) is 43.1 Å². The van der Waals surface area contributed by atoms with Crippen molar-refractivity contribution < 1.29 is 9.21 Å². The summed E-state index contributed by atoms with van der Waals surface area (Å²) >= 11 is 5.79. The Hall–Kier alpha value is -2.13. The van der Waals surface area contributed by atoms with E-state index in [1.807, 2.05) is 24.3 Å². The first-order valence-electron chi connectivity index (χ1n) is 5.38. The molecule has 0 aliphatic carbocycles. The number of carbonyl (C=O) groups is 1. The van der Waals surface area contributed by atoms with Crippen LogP contribution in [0, 0.1) is 0 Å². The van der Waals surface area contributed by atoms with E-state index in [4.69, 9.17) is 16.0 Å². The van der Waals surface area contributed by atoms with E-state index in [0.717, 1.165) is 10.9 Å². The molecule has 18 heavy (non-hydrogen) atoms. The van der Waals surface area contributed by atoms with E-state index in [1.165, 1.54) is 6.26 Å². The Morgan fingerprint density at radius 1 is 1.22 bits per heavy atom. The molecule has 3 aromatic rings. The normalized spacial score (nSPS) is 10.7. The molecule has 0 saturated heterocycles. The number of ketones is 1. The SMILES string of the molecule is O=C(c1cnc2ccccc2c1)c1ccoc1Cl. The van der Waals surface area contributed by atoms with Gasteiger partial charge in [0.25, 0.3) is 0 Å². The Bertz CT molecular complexity index is 733. The van der Waals surface area contributed by atoms with Crippen LogP contribution in [0.2, 0.25) is 5.22 Å². The van der Waals surface area contributed by atoms with Gasteiger partial charge in [0.15, 0.2) is 5.78 Å². The zero-order chi connectivity index (χ0) is 12.5. The van der Waals surface area contributed by atoms with Gasteiger partial charge < -0.3 is 4.42 Å². The molecule has 88 valence electrons. The highest BCUT2D eigenvalue weighted by molar-refractivity contribution is 6.33. The van der Waals surface area contributed by atoms with Crippen LogP contribution in [0.25, 0.3) is 10.9 Å². The number of halogens is 1. The Balaban J connectivity index is 2.10. The zero-order valence-corrected chi connectivity index (χ0v) is 10.0. The van der Waals surface area contributed by atoms with Crippen LogP contribution < -0.4 is 0 Å². The van der Waals surface area contributed by atoms with Crippen LogP contribution in [0.15, 0.2) is 53.3 Å². The first-order chi connectivity index (χ1) is 8.75. The maximum Gasteiger partial charge on any atom is 0.204 e. The van der Waals surface area contributed by atoms with Gasteiger partial charge in [0.05, 0.1) is 17.3 Å². The molecule has 3 rings (SSSR count). The predicted molar refractivity (Wildman–Crippen MR) is 68.9 cm³/mol. The number of rotatable bonds is 2. The third kappa shape index (κ3) is 1.79. The average Bonchev–Trinajstić information content (AvgIpc) is 2.83. The molecule has 0 N–H and O–H groups in total. The molecule has 2 aromatic heterocycles. The van der Waals surface area contributed by atoms with Crippen molar-refractivity contribution >= 4 is 28.3 Å². The van der Waals surface area contributed by atoms with E-state index >= 15 is 0 Å². The molecule has 0 spiro atoms. The lowest BCUT2D eigenvalue weighted by molar-refractivity contribution is 0.103. The van der Waals surface area contributed by atoms with Crippen molar-refractivity contribution in [3.8, 4) is 0 Å². The van der Waals surface area contributed by atoms with Crippen molar-refractivity contribution in [2.45, 2.75) is 0 Å². The molecule has 0 fully saturated rings. The summed E-state index contributed by atoms with van der Waals surface area (Å²) < 4.78 is 4.92. The van der Waals surface area contributed by atoms with E-state index in [0.29, 0.717) is 11.1 Å². The summed E-state index contributed by atoms with van der Waals surface area (Å²) in [4.78, 5) is 16.4. The summed E-state index contributed by atoms with van der Waals surface area (Å²) in [6.07, 6.45) is 2.94. The third-order valence-electron chi connectivity index (χ3n) is 2.72. The molecule has 0 saturated carbocycles. The maximum atomic E-state index is 12.2. The van der Waals surface area contributed by atoms with Gasteiger partial charge in [0.2, 0.25) is 5.22 Å². The van der Waals surface area contributed by atoms with Crippen molar-refractivity contribution in [1.29, 1.82) is 0 Å². The number of aromatic nitrogens is 1. The fourth-order valence-corrected chi connectivity index (χ4v) is 2.01. The number of pyridine rings is 1. The van der Waals surface area contributed by atoms with Crippen LogP contribution in [-0.2, 0) is 0 Å². The van der Waals surface area contributed by atoms with Crippen molar-refractivity contribution in [3.63, 3.8) is 0 Å². The van der Waals surface area contributed by atoms with Crippen LogP contribution in [-0.4, -0.2) is 10.8 Å². The zero-order valence-electron chi connectivity index (χ0n) is 9.26. The van der Waals surface area contributed by atoms with Gasteiger partial charge in [-0.05, 0) is 29.8 Å². The molecule has 0 aliphatic heterocycles. The number of carbonyl (C=O) groups excluding carboxylic acids is 1. The minimum absolute atomic E-state index is 0.105. The molecule has 1 aromatic carbocycles. The Labute approximate surface area is 108 Å². The van der Waals surface area contributed by atoms with Gasteiger partial charge in [0, 0.05) is 17.1 Å². The smallest absolute Gasteiger partial charge is 0.204 e. The lowest BCUT2D eigenvalue weighted by Crippen LogP contribution is -2.01. The molecule has 0 unspecified atom stereocenters. The van der Waals surface area contributed by atoms with Crippen LogP contribution in [0.5, 0.6) is 0 Å². The van der Waals surface area contributed by atoms with Crippen molar-refractivity contribution in [2.24, 2.45) is 0 Å². The largest absolute Gasteiger partial charge is 0.452 e. The van der Waals surface area contributed by atoms with Gasteiger partial charge in [-0.25, -0.2) is 0 Å². The molecule has 0 bridgehead atoms. The third-order valence-corrected chi connectivity index (χ3v) is 3.01. The summed E-state index contributed by atoms with van der Waals surface area (Å²) in [7, 11) is 0. The standard InChI is InChI=1S/C14H8ClNO2/c15-14-11(5-6-18-14)13(17)10-7-9-3-1-2-4-12(9)16-8-10/h1-8H. The Kier molecular flexibility index (Phi) is 2.61. The van der Waals surface area contributed by atoms with Crippen LogP contribution in [0.4, 0.5) is 0 Å². The summed E-state index contributed by atoms with van der Waals surface area (Å²) in [6, 6.07) is 11.0. The van der Waals surface area contributed by atoms with E-state index < -0.39 is 0 Å². The molecule has 2 heterocycles. The summed E-state index contributed by atoms with van der Waals surface area (Å²) in [5.41, 5.74) is 1.71. The fraction of sp³-hybridized carbons (Fsp3) is 0. The summed E-state index contributed by atoms with van der Waals surface area (Å²) in [5.74, 6) is -0.188. The van der Waals surface area contributed by atoms with Crippen LogP contribution >= 0.6 is 11.6 Å². The molecule has 0 aliphatic rings. The minimum Gasteiger partial charge on any atom is -0.452 e.